The Labute approximate surface area is 160 Å². The Kier molecular flexibility index (Phi) is 4.48. The van der Waals surface area contributed by atoms with Crippen LogP contribution in [-0.4, -0.2) is 34.5 Å². The Hall–Kier alpha value is -2.66. The van der Waals surface area contributed by atoms with E-state index >= 15 is 0 Å². The second-order valence-electron chi connectivity index (χ2n) is 7.58. The van der Waals surface area contributed by atoms with E-state index in [0.29, 0.717) is 13.1 Å². The van der Waals surface area contributed by atoms with Crippen LogP contribution in [0.4, 0.5) is 11.5 Å². The number of fused-ring (bicyclic) bond motifs is 1. The zero-order chi connectivity index (χ0) is 19.1. The standard InChI is InChI=1S/C22H26N4O/c1-13-6-5-7-19(14(13)2)15(3)23-22-21-10-17(26-11-18(27)12-26)8-9-20(21)16(4)24-25-22/h5-10,15,18,27H,11-12H2,1-4H3,(H,23,25)/t15-/m1/s1. The maximum absolute atomic E-state index is 9.61. The van der Waals surface area contributed by atoms with Gasteiger partial charge in [-0.1, -0.05) is 24.3 Å². The van der Waals surface area contributed by atoms with Crippen molar-refractivity contribution >= 4 is 22.3 Å². The summed E-state index contributed by atoms with van der Waals surface area (Å²) in [6, 6.07) is 12.9. The molecule has 0 aliphatic carbocycles. The molecule has 2 aromatic carbocycles. The molecule has 5 heteroatoms. The summed E-state index contributed by atoms with van der Waals surface area (Å²) < 4.78 is 0. The van der Waals surface area contributed by atoms with Crippen molar-refractivity contribution in [2.75, 3.05) is 23.3 Å². The number of rotatable bonds is 4. The minimum Gasteiger partial charge on any atom is -0.389 e. The van der Waals surface area contributed by atoms with E-state index in [1.807, 2.05) is 6.92 Å². The lowest BCUT2D eigenvalue weighted by molar-refractivity contribution is 0.142. The lowest BCUT2D eigenvalue weighted by Crippen LogP contribution is -2.50. The quantitative estimate of drug-likeness (QED) is 0.737. The lowest BCUT2D eigenvalue weighted by atomic mass is 9.98. The highest BCUT2D eigenvalue weighted by atomic mass is 16.3. The van der Waals surface area contributed by atoms with Crippen molar-refractivity contribution in [2.45, 2.75) is 39.8 Å². The Morgan fingerprint density at radius 2 is 1.85 bits per heavy atom. The van der Waals surface area contributed by atoms with Gasteiger partial charge in [0.2, 0.25) is 0 Å². The molecular formula is C22H26N4O. The second kappa shape index (κ2) is 6.82. The molecule has 1 aromatic heterocycles. The predicted molar refractivity (Wildman–Crippen MR) is 110 cm³/mol. The van der Waals surface area contributed by atoms with Gasteiger partial charge in [0.15, 0.2) is 5.82 Å². The van der Waals surface area contributed by atoms with E-state index in [2.05, 4.69) is 77.6 Å². The van der Waals surface area contributed by atoms with Crippen molar-refractivity contribution in [1.29, 1.82) is 0 Å². The van der Waals surface area contributed by atoms with Crippen LogP contribution in [-0.2, 0) is 0 Å². The number of nitrogens with one attached hydrogen (secondary N) is 1. The number of aryl methyl sites for hydroxylation is 2. The summed E-state index contributed by atoms with van der Waals surface area (Å²) in [5, 5.41) is 24.1. The van der Waals surface area contributed by atoms with Gasteiger partial charge in [-0.2, -0.15) is 5.10 Å². The zero-order valence-corrected chi connectivity index (χ0v) is 16.3. The molecule has 1 aliphatic rings. The van der Waals surface area contributed by atoms with Crippen molar-refractivity contribution in [1.82, 2.24) is 10.2 Å². The van der Waals surface area contributed by atoms with E-state index in [-0.39, 0.29) is 12.1 Å². The first-order chi connectivity index (χ1) is 12.9. The van der Waals surface area contributed by atoms with Crippen molar-refractivity contribution < 1.29 is 5.11 Å². The van der Waals surface area contributed by atoms with Crippen LogP contribution < -0.4 is 10.2 Å². The van der Waals surface area contributed by atoms with E-state index in [1.165, 1.54) is 16.7 Å². The van der Waals surface area contributed by atoms with Gasteiger partial charge in [0.05, 0.1) is 17.8 Å². The fourth-order valence-corrected chi connectivity index (χ4v) is 3.77. The van der Waals surface area contributed by atoms with Crippen LogP contribution in [0.15, 0.2) is 36.4 Å². The maximum atomic E-state index is 9.61. The molecule has 4 rings (SSSR count). The molecule has 2 N–H and O–H groups in total. The molecular weight excluding hydrogens is 336 g/mol. The highest BCUT2D eigenvalue weighted by Crippen LogP contribution is 2.32. The van der Waals surface area contributed by atoms with Gasteiger partial charge in [-0.15, -0.1) is 5.10 Å². The van der Waals surface area contributed by atoms with Crippen LogP contribution in [0.1, 0.15) is 35.3 Å². The SMILES string of the molecule is Cc1cccc([C@@H](C)Nc2nnc(C)c3ccc(N4CC(O)C4)cc23)c1C. The Bertz CT molecular complexity index is 995. The Morgan fingerprint density at radius 1 is 1.07 bits per heavy atom. The highest BCUT2D eigenvalue weighted by Gasteiger charge is 2.25. The molecule has 0 amide bonds. The monoisotopic (exact) mass is 362 g/mol. The van der Waals surface area contributed by atoms with Crippen LogP contribution in [0.5, 0.6) is 0 Å². The van der Waals surface area contributed by atoms with Gasteiger partial charge in [-0.05, 0) is 56.5 Å². The van der Waals surface area contributed by atoms with Crippen LogP contribution in [0.3, 0.4) is 0 Å². The molecule has 27 heavy (non-hydrogen) atoms. The zero-order valence-electron chi connectivity index (χ0n) is 16.3. The molecule has 0 bridgehead atoms. The fraction of sp³-hybridized carbons (Fsp3) is 0.364. The van der Waals surface area contributed by atoms with Crippen molar-refractivity contribution in [3.8, 4) is 0 Å². The summed E-state index contributed by atoms with van der Waals surface area (Å²) in [6.07, 6.45) is -0.222. The number of nitrogens with zero attached hydrogens (tertiary/aromatic N) is 3. The third-order valence-electron chi connectivity index (χ3n) is 5.64. The molecule has 0 saturated carbocycles. The van der Waals surface area contributed by atoms with Gasteiger partial charge in [-0.3, -0.25) is 0 Å². The van der Waals surface area contributed by atoms with Crippen LogP contribution in [0.25, 0.3) is 10.8 Å². The van der Waals surface area contributed by atoms with Crippen molar-refractivity contribution in [3.63, 3.8) is 0 Å². The first-order valence-corrected chi connectivity index (χ1v) is 9.46. The number of aliphatic hydroxyl groups is 1. The first kappa shape index (κ1) is 17.7. The van der Waals surface area contributed by atoms with E-state index in [9.17, 15) is 5.11 Å². The van der Waals surface area contributed by atoms with E-state index < -0.39 is 0 Å². The third kappa shape index (κ3) is 3.23. The average Bonchev–Trinajstić information content (AvgIpc) is 2.63. The normalized spacial score (nSPS) is 15.7. The van der Waals surface area contributed by atoms with Gasteiger partial charge in [0.1, 0.15) is 0 Å². The smallest absolute Gasteiger partial charge is 0.157 e. The number of hydrogen-bond donors (Lipinski definition) is 2. The maximum Gasteiger partial charge on any atom is 0.157 e. The van der Waals surface area contributed by atoms with E-state index in [4.69, 9.17) is 0 Å². The molecule has 2 heterocycles. The molecule has 1 atom stereocenters. The van der Waals surface area contributed by atoms with Gasteiger partial charge in [0.25, 0.3) is 0 Å². The molecule has 3 aromatic rings. The molecule has 1 aliphatic heterocycles. The predicted octanol–water partition coefficient (Wildman–Crippen LogP) is 3.91. The lowest BCUT2D eigenvalue weighted by Gasteiger charge is -2.38. The summed E-state index contributed by atoms with van der Waals surface area (Å²) >= 11 is 0. The molecule has 140 valence electrons. The average molecular weight is 362 g/mol. The number of benzene rings is 2. The number of anilines is 2. The molecule has 0 radical (unpaired) electrons. The van der Waals surface area contributed by atoms with Gasteiger partial charge in [-0.25, -0.2) is 0 Å². The fourth-order valence-electron chi connectivity index (χ4n) is 3.77. The first-order valence-electron chi connectivity index (χ1n) is 9.46. The summed E-state index contributed by atoms with van der Waals surface area (Å²) in [5.41, 5.74) is 5.90. The topological polar surface area (TPSA) is 61.3 Å². The molecule has 0 unspecified atom stereocenters. The molecule has 0 spiro atoms. The number of hydrogen-bond acceptors (Lipinski definition) is 5. The van der Waals surface area contributed by atoms with Crippen LogP contribution in [0.2, 0.25) is 0 Å². The van der Waals surface area contributed by atoms with Gasteiger partial charge in [0, 0.05) is 29.5 Å². The summed E-state index contributed by atoms with van der Waals surface area (Å²) in [7, 11) is 0. The van der Waals surface area contributed by atoms with E-state index in [0.717, 1.165) is 28.0 Å². The highest BCUT2D eigenvalue weighted by molar-refractivity contribution is 5.95. The minimum absolute atomic E-state index is 0.125. The second-order valence-corrected chi connectivity index (χ2v) is 7.58. The largest absolute Gasteiger partial charge is 0.389 e. The number of β-amino-alcohol motifs (C(OH)–C–C–N with tert-alkyl or cyclic N) is 1. The molecule has 5 nitrogen and oxygen atoms in total. The van der Waals surface area contributed by atoms with Crippen molar-refractivity contribution in [3.05, 3.63) is 58.8 Å². The molecule has 1 saturated heterocycles. The third-order valence-corrected chi connectivity index (χ3v) is 5.64. The van der Waals surface area contributed by atoms with E-state index in [1.54, 1.807) is 0 Å². The van der Waals surface area contributed by atoms with Crippen LogP contribution >= 0.6 is 0 Å². The summed E-state index contributed by atoms with van der Waals surface area (Å²) in [5.74, 6) is 0.798. The van der Waals surface area contributed by atoms with Crippen molar-refractivity contribution in [2.24, 2.45) is 0 Å². The Morgan fingerprint density at radius 3 is 2.59 bits per heavy atom. The molecule has 1 fully saturated rings. The van der Waals surface area contributed by atoms with Gasteiger partial charge >= 0.3 is 0 Å². The Balaban J connectivity index is 1.71. The van der Waals surface area contributed by atoms with Crippen LogP contribution in [0, 0.1) is 20.8 Å². The van der Waals surface area contributed by atoms with Gasteiger partial charge < -0.3 is 15.3 Å². The number of aliphatic hydroxyl groups excluding tert-OH is 1. The summed E-state index contributed by atoms with van der Waals surface area (Å²) in [6.45, 7) is 9.82. The summed E-state index contributed by atoms with van der Waals surface area (Å²) in [4.78, 5) is 2.18. The minimum atomic E-state index is -0.222. The number of aromatic nitrogens is 2.